The fourth-order valence-corrected chi connectivity index (χ4v) is 3.59. The lowest BCUT2D eigenvalue weighted by Crippen LogP contribution is -2.40. The molecule has 1 amide bonds. The molecular formula is C16H22N4O3S. The van der Waals surface area contributed by atoms with Crippen LogP contribution in [0.1, 0.15) is 36.8 Å². The first-order chi connectivity index (χ1) is 11.0. The highest BCUT2D eigenvalue weighted by Crippen LogP contribution is 2.18. The molecule has 1 aromatic heterocycles. The fraction of sp³-hybridized carbons (Fsp3) is 0.375. The molecule has 0 radical (unpaired) electrons. The molecule has 0 atom stereocenters. The molecule has 0 bridgehead atoms. The van der Waals surface area contributed by atoms with E-state index in [0.717, 1.165) is 5.69 Å². The second kappa shape index (κ2) is 6.37. The number of carbonyl (C=O) groups excluding carboxylic acids is 1. The molecule has 0 aliphatic carbocycles. The third-order valence-electron chi connectivity index (χ3n) is 3.32. The molecule has 7 nitrogen and oxygen atoms in total. The Bertz CT molecular complexity index is 864. The molecule has 1 aromatic carbocycles. The SMILES string of the molecule is Cc1c(C(=O)Nc2cccc(S(=O)(=O)NC(C)(C)C)c2)cnn1C. The number of nitrogens with zero attached hydrogens (tertiary/aromatic N) is 2. The van der Waals surface area contributed by atoms with Crippen molar-refractivity contribution >= 4 is 21.6 Å². The molecule has 24 heavy (non-hydrogen) atoms. The van der Waals surface area contributed by atoms with Gasteiger partial charge in [-0.15, -0.1) is 0 Å². The van der Waals surface area contributed by atoms with Crippen LogP contribution in [0.25, 0.3) is 0 Å². The Hall–Kier alpha value is -2.19. The highest BCUT2D eigenvalue weighted by Gasteiger charge is 2.22. The van der Waals surface area contributed by atoms with Gasteiger partial charge in [-0.3, -0.25) is 9.48 Å². The Morgan fingerprint density at radius 3 is 2.46 bits per heavy atom. The van der Waals surface area contributed by atoms with E-state index in [1.807, 2.05) is 0 Å². The summed E-state index contributed by atoms with van der Waals surface area (Å²) in [6.45, 7) is 7.08. The molecule has 2 rings (SSSR count). The van der Waals surface area contributed by atoms with Crippen molar-refractivity contribution in [3.8, 4) is 0 Å². The second-order valence-corrected chi connectivity index (χ2v) is 8.29. The molecule has 130 valence electrons. The van der Waals surface area contributed by atoms with Crippen LogP contribution in [0.15, 0.2) is 35.4 Å². The molecule has 1 heterocycles. The van der Waals surface area contributed by atoms with E-state index in [1.165, 1.54) is 18.3 Å². The van der Waals surface area contributed by atoms with Crippen molar-refractivity contribution in [2.45, 2.75) is 38.1 Å². The first-order valence-corrected chi connectivity index (χ1v) is 8.92. The van der Waals surface area contributed by atoms with Gasteiger partial charge in [0.25, 0.3) is 5.91 Å². The van der Waals surface area contributed by atoms with Crippen LogP contribution >= 0.6 is 0 Å². The van der Waals surface area contributed by atoms with Crippen LogP contribution in [0.4, 0.5) is 5.69 Å². The molecular weight excluding hydrogens is 328 g/mol. The Labute approximate surface area is 142 Å². The van der Waals surface area contributed by atoms with Crippen molar-refractivity contribution in [2.24, 2.45) is 7.05 Å². The molecule has 0 saturated heterocycles. The van der Waals surface area contributed by atoms with E-state index < -0.39 is 15.6 Å². The van der Waals surface area contributed by atoms with E-state index >= 15 is 0 Å². The molecule has 2 aromatic rings. The van der Waals surface area contributed by atoms with E-state index in [2.05, 4.69) is 15.1 Å². The van der Waals surface area contributed by atoms with Crippen LogP contribution in [-0.4, -0.2) is 29.6 Å². The molecule has 0 unspecified atom stereocenters. The topological polar surface area (TPSA) is 93.1 Å². The van der Waals surface area contributed by atoms with E-state index in [1.54, 1.807) is 51.6 Å². The van der Waals surface area contributed by atoms with E-state index in [4.69, 9.17) is 0 Å². The minimum atomic E-state index is -3.66. The van der Waals surface area contributed by atoms with Crippen molar-refractivity contribution in [3.05, 3.63) is 41.7 Å². The number of hydrogen-bond donors (Lipinski definition) is 2. The van der Waals surface area contributed by atoms with Crippen molar-refractivity contribution < 1.29 is 13.2 Å². The predicted molar refractivity (Wildman–Crippen MR) is 92.4 cm³/mol. The zero-order valence-corrected chi connectivity index (χ0v) is 15.2. The van der Waals surface area contributed by atoms with Crippen LogP contribution in [0.5, 0.6) is 0 Å². The number of aromatic nitrogens is 2. The smallest absolute Gasteiger partial charge is 0.259 e. The fourth-order valence-electron chi connectivity index (χ4n) is 2.12. The zero-order valence-electron chi connectivity index (χ0n) is 14.4. The summed E-state index contributed by atoms with van der Waals surface area (Å²) in [5, 5.41) is 6.73. The van der Waals surface area contributed by atoms with Gasteiger partial charge in [0, 0.05) is 24.0 Å². The van der Waals surface area contributed by atoms with Crippen molar-refractivity contribution in [2.75, 3.05) is 5.32 Å². The monoisotopic (exact) mass is 350 g/mol. The van der Waals surface area contributed by atoms with Crippen LogP contribution in [0.3, 0.4) is 0 Å². The third-order valence-corrected chi connectivity index (χ3v) is 5.08. The predicted octanol–water partition coefficient (Wildman–Crippen LogP) is 2.06. The maximum absolute atomic E-state index is 12.4. The van der Waals surface area contributed by atoms with Gasteiger partial charge < -0.3 is 5.32 Å². The lowest BCUT2D eigenvalue weighted by molar-refractivity contribution is 0.102. The summed E-state index contributed by atoms with van der Waals surface area (Å²) in [6, 6.07) is 6.14. The zero-order chi connectivity index (χ0) is 18.1. The number of benzene rings is 1. The number of hydrogen-bond acceptors (Lipinski definition) is 4. The van der Waals surface area contributed by atoms with Crippen molar-refractivity contribution in [1.29, 1.82) is 0 Å². The average molecular weight is 350 g/mol. The Morgan fingerprint density at radius 1 is 1.25 bits per heavy atom. The molecule has 0 aliphatic rings. The molecule has 0 aliphatic heterocycles. The summed E-state index contributed by atoms with van der Waals surface area (Å²) in [4.78, 5) is 12.4. The van der Waals surface area contributed by atoms with E-state index in [0.29, 0.717) is 11.3 Å². The number of carbonyl (C=O) groups is 1. The summed E-state index contributed by atoms with van der Waals surface area (Å²) >= 11 is 0. The van der Waals surface area contributed by atoms with Gasteiger partial charge in [-0.1, -0.05) is 6.07 Å². The number of amides is 1. The van der Waals surface area contributed by atoms with Gasteiger partial charge in [0.15, 0.2) is 0 Å². The van der Waals surface area contributed by atoms with Crippen molar-refractivity contribution in [3.63, 3.8) is 0 Å². The first-order valence-electron chi connectivity index (χ1n) is 7.43. The van der Waals surface area contributed by atoms with Crippen LogP contribution in [-0.2, 0) is 17.1 Å². The van der Waals surface area contributed by atoms with Gasteiger partial charge in [-0.2, -0.15) is 5.10 Å². The van der Waals surface area contributed by atoms with Crippen LogP contribution in [0.2, 0.25) is 0 Å². The van der Waals surface area contributed by atoms with Gasteiger partial charge >= 0.3 is 0 Å². The quantitative estimate of drug-likeness (QED) is 0.883. The lowest BCUT2D eigenvalue weighted by Gasteiger charge is -2.20. The molecule has 8 heteroatoms. The van der Waals surface area contributed by atoms with Crippen LogP contribution in [0, 0.1) is 6.92 Å². The normalized spacial score (nSPS) is 12.2. The number of nitrogens with one attached hydrogen (secondary N) is 2. The lowest BCUT2D eigenvalue weighted by atomic mass is 10.1. The summed E-state index contributed by atoms with van der Waals surface area (Å²) < 4.78 is 28.9. The third kappa shape index (κ3) is 4.21. The standard InChI is InChI=1S/C16H22N4O3S/c1-11-14(10-17-20(11)5)15(21)18-12-7-6-8-13(9-12)24(22,23)19-16(2,3)4/h6-10,19H,1-5H3,(H,18,21). The number of aryl methyl sites for hydroxylation is 1. The van der Waals surface area contributed by atoms with E-state index in [9.17, 15) is 13.2 Å². The molecule has 2 N–H and O–H groups in total. The average Bonchev–Trinajstić information content (AvgIpc) is 2.77. The Morgan fingerprint density at radius 2 is 1.92 bits per heavy atom. The van der Waals surface area contributed by atoms with E-state index in [-0.39, 0.29) is 10.8 Å². The molecule has 0 spiro atoms. The molecule has 0 fully saturated rings. The largest absolute Gasteiger partial charge is 0.322 e. The number of anilines is 1. The van der Waals surface area contributed by atoms with Gasteiger partial charge in [0.2, 0.25) is 10.0 Å². The summed E-state index contributed by atoms with van der Waals surface area (Å²) in [5.74, 6) is -0.334. The van der Waals surface area contributed by atoms with Gasteiger partial charge in [-0.25, -0.2) is 13.1 Å². The summed E-state index contributed by atoms with van der Waals surface area (Å²) in [7, 11) is -1.92. The maximum Gasteiger partial charge on any atom is 0.259 e. The minimum Gasteiger partial charge on any atom is -0.322 e. The Kier molecular flexibility index (Phi) is 4.82. The maximum atomic E-state index is 12.4. The van der Waals surface area contributed by atoms with Gasteiger partial charge in [0.1, 0.15) is 0 Å². The number of rotatable bonds is 4. The first kappa shape index (κ1) is 18.2. The van der Waals surface area contributed by atoms with Crippen LogP contribution < -0.4 is 10.0 Å². The second-order valence-electron chi connectivity index (χ2n) is 6.60. The van der Waals surface area contributed by atoms with Gasteiger partial charge in [0.05, 0.1) is 16.7 Å². The highest BCUT2D eigenvalue weighted by atomic mass is 32.2. The van der Waals surface area contributed by atoms with Crippen molar-refractivity contribution in [1.82, 2.24) is 14.5 Å². The Balaban J connectivity index is 2.25. The minimum absolute atomic E-state index is 0.0955. The number of sulfonamides is 1. The summed E-state index contributed by atoms with van der Waals surface area (Å²) in [6.07, 6.45) is 1.48. The molecule has 0 saturated carbocycles. The summed E-state index contributed by atoms with van der Waals surface area (Å²) in [5.41, 5.74) is 0.981. The van der Waals surface area contributed by atoms with Gasteiger partial charge in [-0.05, 0) is 45.9 Å². The highest BCUT2D eigenvalue weighted by molar-refractivity contribution is 7.89.